The Morgan fingerprint density at radius 1 is 0.925 bits per heavy atom. The molecule has 5 amide bonds. The second-order valence-electron chi connectivity index (χ2n) is 14.9. The van der Waals surface area contributed by atoms with Gasteiger partial charge < -0.3 is 15.1 Å². The lowest BCUT2D eigenvalue weighted by Gasteiger charge is -2.35. The van der Waals surface area contributed by atoms with Gasteiger partial charge in [-0.3, -0.25) is 39.1 Å². The summed E-state index contributed by atoms with van der Waals surface area (Å²) in [6.45, 7) is 6.95. The van der Waals surface area contributed by atoms with Crippen molar-refractivity contribution in [3.63, 3.8) is 0 Å². The molecule has 3 fully saturated rings. The van der Waals surface area contributed by atoms with Gasteiger partial charge in [-0.25, -0.2) is 0 Å². The normalized spacial score (nSPS) is 23.3. The number of nitrogens with one attached hydrogen (secondary N) is 2. The molecule has 12 nitrogen and oxygen atoms in total. The number of nitrogens with zero attached hydrogens (tertiary/aromatic N) is 5. The third kappa shape index (κ3) is 6.64. The summed E-state index contributed by atoms with van der Waals surface area (Å²) < 4.78 is 0. The largest absolute Gasteiger partial charge is 0.372 e. The topological polar surface area (TPSA) is 146 Å². The van der Waals surface area contributed by atoms with Gasteiger partial charge in [-0.2, -0.15) is 5.26 Å². The Balaban J connectivity index is 0.813. The van der Waals surface area contributed by atoms with E-state index in [-0.39, 0.29) is 36.7 Å². The second-order valence-corrected chi connectivity index (χ2v) is 15.4. The Bertz CT molecular complexity index is 2030. The predicted molar refractivity (Wildman–Crippen MR) is 197 cm³/mol. The molecule has 3 aromatic rings. The number of fused-ring (bicyclic) bond motifs is 2. The molecule has 0 bridgehead atoms. The Kier molecular flexibility index (Phi) is 9.16. The summed E-state index contributed by atoms with van der Waals surface area (Å²) in [4.78, 5) is 71.8. The number of halogens is 1. The van der Waals surface area contributed by atoms with E-state index in [1.54, 1.807) is 6.07 Å². The van der Waals surface area contributed by atoms with Crippen molar-refractivity contribution in [3.05, 3.63) is 93.0 Å². The maximum atomic E-state index is 13.3. The quantitative estimate of drug-likeness (QED) is 0.341. The fourth-order valence-electron chi connectivity index (χ4n) is 8.67. The molecule has 272 valence electrons. The molecule has 0 aliphatic carbocycles. The fraction of sp³-hybridized carbons (Fsp3) is 0.400. The minimum atomic E-state index is -0.962. The van der Waals surface area contributed by atoms with Crippen molar-refractivity contribution in [2.75, 3.05) is 36.0 Å². The average Bonchev–Trinajstić information content (AvgIpc) is 3.79. The lowest BCUT2D eigenvalue weighted by atomic mass is 9.95. The van der Waals surface area contributed by atoms with E-state index in [4.69, 9.17) is 11.6 Å². The molecule has 5 aliphatic heterocycles. The van der Waals surface area contributed by atoms with Gasteiger partial charge in [0.05, 0.1) is 21.7 Å². The molecule has 5 heterocycles. The fourth-order valence-corrected chi connectivity index (χ4v) is 8.88. The Morgan fingerprint density at radius 2 is 1.58 bits per heavy atom. The summed E-state index contributed by atoms with van der Waals surface area (Å²) in [5.74, 6) is -1.51. The highest BCUT2D eigenvalue weighted by molar-refractivity contribution is 6.32. The first kappa shape index (κ1) is 34.8. The highest BCUT2D eigenvalue weighted by atomic mass is 35.5. The van der Waals surface area contributed by atoms with E-state index in [1.165, 1.54) is 0 Å². The Hall–Kier alpha value is -5.25. The van der Waals surface area contributed by atoms with Crippen LogP contribution in [0.25, 0.3) is 0 Å². The van der Waals surface area contributed by atoms with Crippen LogP contribution in [0, 0.1) is 17.2 Å². The van der Waals surface area contributed by atoms with Crippen LogP contribution in [0.15, 0.2) is 54.6 Å². The van der Waals surface area contributed by atoms with Crippen molar-refractivity contribution >= 4 is 52.5 Å². The minimum Gasteiger partial charge on any atom is -0.372 e. The van der Waals surface area contributed by atoms with Crippen LogP contribution in [0.3, 0.4) is 0 Å². The zero-order valence-corrected chi connectivity index (χ0v) is 30.2. The molecule has 0 aromatic heterocycles. The number of amides is 5. The summed E-state index contributed by atoms with van der Waals surface area (Å²) >= 11 is 6.27. The van der Waals surface area contributed by atoms with Gasteiger partial charge in [0.1, 0.15) is 12.1 Å². The first-order chi connectivity index (χ1) is 25.6. The van der Waals surface area contributed by atoms with Crippen LogP contribution in [-0.4, -0.2) is 83.6 Å². The molecule has 3 saturated heterocycles. The third-order valence-electron chi connectivity index (χ3n) is 11.5. The molecule has 8 rings (SSSR count). The van der Waals surface area contributed by atoms with Gasteiger partial charge in [-0.15, -0.1) is 0 Å². The molecular formula is C40H40ClN7O5. The van der Waals surface area contributed by atoms with E-state index in [0.29, 0.717) is 52.8 Å². The number of carbonyl (C=O) groups excluding carboxylic acids is 5. The summed E-state index contributed by atoms with van der Waals surface area (Å²) in [5.41, 5.74) is 5.86. The molecule has 0 spiro atoms. The van der Waals surface area contributed by atoms with E-state index in [0.717, 1.165) is 66.3 Å². The first-order valence-corrected chi connectivity index (χ1v) is 18.7. The number of benzene rings is 3. The van der Waals surface area contributed by atoms with Crippen molar-refractivity contribution in [1.82, 2.24) is 20.4 Å². The van der Waals surface area contributed by atoms with Gasteiger partial charge in [0.25, 0.3) is 17.7 Å². The van der Waals surface area contributed by atoms with Gasteiger partial charge in [0.2, 0.25) is 11.8 Å². The van der Waals surface area contributed by atoms with E-state index < -0.39 is 23.8 Å². The van der Waals surface area contributed by atoms with Crippen LogP contribution in [-0.2, 0) is 22.7 Å². The van der Waals surface area contributed by atoms with Gasteiger partial charge in [-0.05, 0) is 104 Å². The SMILES string of the molecule is C[C@H]1C[C@@H](NC(=O)c2ccc(N3CCC(CN4Cc5cc6c(cc5C4)C(=O)N(C4CCC(=O)NC4=O)C6=O)CC3)cc2)CN1c1ccc(C#N)c(Cl)c1. The van der Waals surface area contributed by atoms with E-state index in [2.05, 4.69) is 38.3 Å². The van der Waals surface area contributed by atoms with Gasteiger partial charge >= 0.3 is 0 Å². The number of hydrogen-bond donors (Lipinski definition) is 2. The molecule has 3 aromatic carbocycles. The monoisotopic (exact) mass is 733 g/mol. The molecule has 0 saturated carbocycles. The number of piperidine rings is 2. The highest BCUT2D eigenvalue weighted by Crippen LogP contribution is 2.35. The molecule has 0 radical (unpaired) electrons. The molecular weight excluding hydrogens is 694 g/mol. The smallest absolute Gasteiger partial charge is 0.262 e. The van der Waals surface area contributed by atoms with Gasteiger partial charge in [0.15, 0.2) is 0 Å². The Morgan fingerprint density at radius 3 is 2.21 bits per heavy atom. The Labute approximate surface area is 312 Å². The van der Waals surface area contributed by atoms with Crippen LogP contribution in [0.4, 0.5) is 11.4 Å². The number of anilines is 2. The predicted octanol–water partition coefficient (Wildman–Crippen LogP) is 4.24. The average molecular weight is 734 g/mol. The summed E-state index contributed by atoms with van der Waals surface area (Å²) in [7, 11) is 0. The van der Waals surface area contributed by atoms with E-state index in [1.807, 2.05) is 48.5 Å². The molecule has 5 aliphatic rings. The molecule has 3 atom stereocenters. The van der Waals surface area contributed by atoms with Gasteiger partial charge in [0, 0.05) is 74.7 Å². The van der Waals surface area contributed by atoms with E-state index >= 15 is 0 Å². The number of carbonyl (C=O) groups is 5. The number of nitriles is 1. The van der Waals surface area contributed by atoms with E-state index in [9.17, 15) is 29.2 Å². The zero-order valence-electron chi connectivity index (χ0n) is 29.4. The van der Waals surface area contributed by atoms with Crippen molar-refractivity contribution < 1.29 is 24.0 Å². The second kappa shape index (κ2) is 14.0. The van der Waals surface area contributed by atoms with Gasteiger partial charge in [-0.1, -0.05) is 11.6 Å². The van der Waals surface area contributed by atoms with Crippen LogP contribution < -0.4 is 20.4 Å². The van der Waals surface area contributed by atoms with Crippen LogP contribution in [0.5, 0.6) is 0 Å². The molecule has 1 unspecified atom stereocenters. The maximum absolute atomic E-state index is 13.3. The van der Waals surface area contributed by atoms with Crippen molar-refractivity contribution in [2.24, 2.45) is 5.92 Å². The molecule has 2 N–H and O–H groups in total. The standard InChI is InChI=1S/C40H40ClN7O5/c1-23-14-29(22-47(23)31-7-4-26(18-42)34(41)17-31)43-37(50)25-2-5-30(6-3-25)46-12-10-24(11-13-46)19-45-20-27-15-32-33(16-28(27)21-45)40(53)48(39(32)52)35-8-9-36(49)44-38(35)51/h2-7,15-17,23-24,29,35H,8-14,19-22H2,1H3,(H,43,50)(H,44,49,51)/t23-,29+,35?/m0/s1. The lowest BCUT2D eigenvalue weighted by Crippen LogP contribution is -2.54. The molecule has 53 heavy (non-hydrogen) atoms. The van der Waals surface area contributed by atoms with Crippen LogP contribution in [0.2, 0.25) is 5.02 Å². The number of hydrogen-bond acceptors (Lipinski definition) is 9. The first-order valence-electron chi connectivity index (χ1n) is 18.3. The zero-order chi connectivity index (χ0) is 37.0. The summed E-state index contributed by atoms with van der Waals surface area (Å²) in [6, 6.07) is 18.3. The van der Waals surface area contributed by atoms with Crippen LogP contribution >= 0.6 is 11.6 Å². The summed E-state index contributed by atoms with van der Waals surface area (Å²) in [5, 5.41) is 15.1. The summed E-state index contributed by atoms with van der Waals surface area (Å²) in [6.07, 6.45) is 3.12. The number of rotatable bonds is 7. The van der Waals surface area contributed by atoms with Crippen LogP contribution in [0.1, 0.15) is 86.8 Å². The lowest BCUT2D eigenvalue weighted by molar-refractivity contribution is -0.136. The highest BCUT2D eigenvalue weighted by Gasteiger charge is 2.45. The van der Waals surface area contributed by atoms with Crippen molar-refractivity contribution in [3.8, 4) is 6.07 Å². The van der Waals surface area contributed by atoms with Crippen molar-refractivity contribution in [1.29, 1.82) is 5.26 Å². The third-order valence-corrected chi connectivity index (χ3v) is 11.8. The number of imide groups is 2. The van der Waals surface area contributed by atoms with Crippen molar-refractivity contribution in [2.45, 2.75) is 70.2 Å². The molecule has 13 heteroatoms. The minimum absolute atomic E-state index is 0.00441. The maximum Gasteiger partial charge on any atom is 0.262 e.